The Balaban J connectivity index is 3.04. The molecule has 0 aliphatic rings. The predicted molar refractivity (Wildman–Crippen MR) is 57.4 cm³/mol. The van der Waals surface area contributed by atoms with E-state index in [4.69, 9.17) is 4.74 Å². The Bertz CT molecular complexity index is 174. The minimum Gasteiger partial charge on any atom is -0.465 e. The molecule has 0 heterocycles. The van der Waals surface area contributed by atoms with E-state index in [1.807, 2.05) is 0 Å². The lowest BCUT2D eigenvalue weighted by atomic mass is 10.2. The molecule has 0 atom stereocenters. The van der Waals surface area contributed by atoms with Crippen LogP contribution in [0.1, 0.15) is 26.2 Å². The lowest BCUT2D eigenvalue weighted by Gasteiger charge is -2.04. The van der Waals surface area contributed by atoms with Gasteiger partial charge in [0.2, 0.25) is 6.41 Å². The summed E-state index contributed by atoms with van der Waals surface area (Å²) < 4.78 is 4.75. The van der Waals surface area contributed by atoms with Crippen LogP contribution in [0.3, 0.4) is 0 Å². The minimum absolute atomic E-state index is 0.208. The van der Waals surface area contributed by atoms with E-state index in [9.17, 15) is 9.59 Å². The van der Waals surface area contributed by atoms with E-state index in [0.717, 1.165) is 32.4 Å². The van der Waals surface area contributed by atoms with Gasteiger partial charge in [-0.2, -0.15) is 0 Å². The third-order valence-corrected chi connectivity index (χ3v) is 1.83. The quantitative estimate of drug-likeness (QED) is 0.308. The zero-order valence-electron chi connectivity index (χ0n) is 9.25. The number of hydrogen-bond acceptors (Lipinski definition) is 4. The van der Waals surface area contributed by atoms with Gasteiger partial charge in [0.1, 0.15) is 0 Å². The molecule has 15 heavy (non-hydrogen) atoms. The van der Waals surface area contributed by atoms with Crippen LogP contribution in [-0.2, 0) is 14.3 Å². The third-order valence-electron chi connectivity index (χ3n) is 1.83. The van der Waals surface area contributed by atoms with Crippen LogP contribution < -0.4 is 10.6 Å². The SMILES string of the molecule is CCOC(=O)CNCCCCCNC=O. The summed E-state index contributed by atoms with van der Waals surface area (Å²) in [5, 5.41) is 5.60. The molecule has 0 rings (SSSR count). The Labute approximate surface area is 90.6 Å². The number of carbonyl (C=O) groups is 2. The van der Waals surface area contributed by atoms with Gasteiger partial charge in [-0.3, -0.25) is 9.59 Å². The molecule has 0 bridgehead atoms. The molecule has 0 aromatic rings. The van der Waals surface area contributed by atoms with E-state index >= 15 is 0 Å². The van der Waals surface area contributed by atoms with E-state index in [2.05, 4.69) is 10.6 Å². The number of nitrogens with one attached hydrogen (secondary N) is 2. The molecular weight excluding hydrogens is 196 g/mol. The number of rotatable bonds is 10. The monoisotopic (exact) mass is 216 g/mol. The van der Waals surface area contributed by atoms with Gasteiger partial charge in [-0.15, -0.1) is 0 Å². The van der Waals surface area contributed by atoms with E-state index in [-0.39, 0.29) is 12.5 Å². The van der Waals surface area contributed by atoms with Gasteiger partial charge in [0.25, 0.3) is 0 Å². The van der Waals surface area contributed by atoms with Gasteiger partial charge >= 0.3 is 5.97 Å². The Morgan fingerprint density at radius 3 is 2.67 bits per heavy atom. The highest BCUT2D eigenvalue weighted by atomic mass is 16.5. The van der Waals surface area contributed by atoms with Crippen LogP contribution in [0, 0.1) is 0 Å². The molecule has 0 saturated heterocycles. The van der Waals surface area contributed by atoms with Gasteiger partial charge in [0, 0.05) is 6.54 Å². The Morgan fingerprint density at radius 1 is 1.27 bits per heavy atom. The molecule has 0 spiro atoms. The smallest absolute Gasteiger partial charge is 0.319 e. The summed E-state index contributed by atoms with van der Waals surface area (Å²) in [7, 11) is 0. The van der Waals surface area contributed by atoms with Crippen molar-refractivity contribution < 1.29 is 14.3 Å². The van der Waals surface area contributed by atoms with Crippen LogP contribution in [0.2, 0.25) is 0 Å². The molecule has 5 heteroatoms. The summed E-state index contributed by atoms with van der Waals surface area (Å²) >= 11 is 0. The number of ether oxygens (including phenoxy) is 1. The highest BCUT2D eigenvalue weighted by molar-refractivity contribution is 5.71. The summed E-state index contributed by atoms with van der Waals surface area (Å²) in [5.41, 5.74) is 0. The molecule has 0 aliphatic heterocycles. The van der Waals surface area contributed by atoms with Crippen molar-refractivity contribution in [3.05, 3.63) is 0 Å². The highest BCUT2D eigenvalue weighted by Crippen LogP contribution is 1.91. The first-order valence-electron chi connectivity index (χ1n) is 5.34. The second-order valence-corrected chi connectivity index (χ2v) is 3.11. The number of hydrogen-bond donors (Lipinski definition) is 2. The van der Waals surface area contributed by atoms with E-state index in [0.29, 0.717) is 13.0 Å². The van der Waals surface area contributed by atoms with Crippen molar-refractivity contribution in [2.75, 3.05) is 26.2 Å². The number of amides is 1. The van der Waals surface area contributed by atoms with Crippen LogP contribution in [0.5, 0.6) is 0 Å². The van der Waals surface area contributed by atoms with Gasteiger partial charge < -0.3 is 15.4 Å². The second kappa shape index (κ2) is 11.0. The topological polar surface area (TPSA) is 67.4 Å². The van der Waals surface area contributed by atoms with Gasteiger partial charge in [-0.25, -0.2) is 0 Å². The summed E-state index contributed by atoms with van der Waals surface area (Å²) in [6.45, 7) is 4.03. The fourth-order valence-electron chi connectivity index (χ4n) is 1.12. The maximum absolute atomic E-state index is 10.9. The molecule has 88 valence electrons. The normalized spacial score (nSPS) is 9.67. The highest BCUT2D eigenvalue weighted by Gasteiger charge is 1.98. The van der Waals surface area contributed by atoms with Gasteiger partial charge in [0.05, 0.1) is 13.2 Å². The summed E-state index contributed by atoms with van der Waals surface area (Å²) in [5.74, 6) is -0.208. The summed E-state index contributed by atoms with van der Waals surface area (Å²) in [4.78, 5) is 20.8. The van der Waals surface area contributed by atoms with E-state index < -0.39 is 0 Å². The summed E-state index contributed by atoms with van der Waals surface area (Å²) in [6.07, 6.45) is 3.72. The zero-order valence-corrected chi connectivity index (χ0v) is 9.25. The second-order valence-electron chi connectivity index (χ2n) is 3.11. The Morgan fingerprint density at radius 2 is 2.00 bits per heavy atom. The Kier molecular flexibility index (Phi) is 10.2. The lowest BCUT2D eigenvalue weighted by Crippen LogP contribution is -2.25. The molecule has 0 radical (unpaired) electrons. The zero-order chi connectivity index (χ0) is 11.4. The molecular formula is C10H20N2O3. The molecule has 0 saturated carbocycles. The van der Waals surface area contributed by atoms with Crippen LogP contribution >= 0.6 is 0 Å². The van der Waals surface area contributed by atoms with Gasteiger partial charge in [-0.05, 0) is 26.3 Å². The molecule has 2 N–H and O–H groups in total. The first-order chi connectivity index (χ1) is 7.31. The molecule has 0 aliphatic carbocycles. The molecule has 0 aromatic heterocycles. The van der Waals surface area contributed by atoms with Crippen LogP contribution in [0.4, 0.5) is 0 Å². The van der Waals surface area contributed by atoms with Crippen LogP contribution in [0.15, 0.2) is 0 Å². The standard InChI is InChI=1S/C10H20N2O3/c1-2-15-10(14)8-11-6-4-3-5-7-12-9-13/h9,11H,2-8H2,1H3,(H,12,13). The van der Waals surface area contributed by atoms with Crippen LogP contribution in [-0.4, -0.2) is 38.6 Å². The van der Waals surface area contributed by atoms with Crippen molar-refractivity contribution in [2.24, 2.45) is 0 Å². The largest absolute Gasteiger partial charge is 0.465 e. The predicted octanol–water partition coefficient (Wildman–Crippen LogP) is 0.0554. The van der Waals surface area contributed by atoms with Crippen molar-refractivity contribution in [3.63, 3.8) is 0 Å². The fourth-order valence-corrected chi connectivity index (χ4v) is 1.12. The third kappa shape index (κ3) is 10.8. The van der Waals surface area contributed by atoms with E-state index in [1.165, 1.54) is 0 Å². The lowest BCUT2D eigenvalue weighted by molar-refractivity contribution is -0.142. The van der Waals surface area contributed by atoms with Gasteiger partial charge in [-0.1, -0.05) is 6.42 Å². The molecule has 1 amide bonds. The average molecular weight is 216 g/mol. The first-order valence-corrected chi connectivity index (χ1v) is 5.34. The number of unbranched alkanes of at least 4 members (excludes halogenated alkanes) is 2. The maximum Gasteiger partial charge on any atom is 0.319 e. The first kappa shape index (κ1) is 13.9. The molecule has 0 unspecified atom stereocenters. The molecule has 0 aromatic carbocycles. The fraction of sp³-hybridized carbons (Fsp3) is 0.800. The number of carbonyl (C=O) groups excluding carboxylic acids is 2. The van der Waals surface area contributed by atoms with Crippen molar-refractivity contribution in [1.29, 1.82) is 0 Å². The molecule has 0 fully saturated rings. The Hall–Kier alpha value is -1.10. The van der Waals surface area contributed by atoms with Gasteiger partial charge in [0.15, 0.2) is 0 Å². The van der Waals surface area contributed by atoms with Crippen LogP contribution in [0.25, 0.3) is 0 Å². The van der Waals surface area contributed by atoms with E-state index in [1.54, 1.807) is 6.92 Å². The minimum atomic E-state index is -0.208. The van der Waals surface area contributed by atoms with Crippen molar-refractivity contribution in [2.45, 2.75) is 26.2 Å². The number of esters is 1. The maximum atomic E-state index is 10.9. The van der Waals surface area contributed by atoms with Crippen molar-refractivity contribution in [3.8, 4) is 0 Å². The summed E-state index contributed by atoms with van der Waals surface area (Å²) in [6, 6.07) is 0. The molecule has 5 nitrogen and oxygen atoms in total. The van der Waals surface area contributed by atoms with Crippen molar-refractivity contribution >= 4 is 12.4 Å². The van der Waals surface area contributed by atoms with Crippen molar-refractivity contribution in [1.82, 2.24) is 10.6 Å². The average Bonchev–Trinajstić information content (AvgIpc) is 2.22.